The summed E-state index contributed by atoms with van der Waals surface area (Å²) in [4.78, 5) is 18.3. The Balaban J connectivity index is 2.01. The number of nitrogens with zero attached hydrogens (tertiary/aromatic N) is 2. The van der Waals surface area contributed by atoms with Crippen LogP contribution in [-0.2, 0) is 14.6 Å². The van der Waals surface area contributed by atoms with Gasteiger partial charge in [0.15, 0.2) is 15.0 Å². The molecule has 2 atom stereocenters. The van der Waals surface area contributed by atoms with E-state index in [1.165, 1.54) is 11.8 Å². The minimum absolute atomic E-state index is 0.0501. The number of amides is 1. The average molecular weight is 466 g/mol. The Labute approximate surface area is 165 Å². The number of rotatable bonds is 3. The predicted octanol–water partition coefficient (Wildman–Crippen LogP) is 3.75. The maximum absolute atomic E-state index is 12.2. The molecule has 1 amide bonds. The fourth-order valence-corrected chi connectivity index (χ4v) is 7.71. The summed E-state index contributed by atoms with van der Waals surface area (Å²) >= 11 is 11.1. The van der Waals surface area contributed by atoms with Crippen LogP contribution in [0.1, 0.15) is 20.3 Å². The zero-order valence-corrected chi connectivity index (χ0v) is 17.8. The van der Waals surface area contributed by atoms with Gasteiger partial charge in [0.1, 0.15) is 0 Å². The van der Waals surface area contributed by atoms with E-state index in [1.807, 2.05) is 30.9 Å². The Bertz CT molecular complexity index is 842. The Morgan fingerprint density at radius 2 is 2.16 bits per heavy atom. The number of thioether (sulfide) groups is 1. The maximum atomic E-state index is 12.2. The summed E-state index contributed by atoms with van der Waals surface area (Å²) in [6.07, 6.45) is 0.361. The number of aliphatic imine (C=N–C) groups is 1. The van der Waals surface area contributed by atoms with Crippen molar-refractivity contribution in [1.29, 1.82) is 0 Å². The van der Waals surface area contributed by atoms with Crippen molar-refractivity contribution in [2.45, 2.75) is 31.6 Å². The number of halogens is 2. The third-order valence-electron chi connectivity index (χ3n) is 4.04. The molecule has 5 nitrogen and oxygen atoms in total. The van der Waals surface area contributed by atoms with Crippen molar-refractivity contribution in [3.8, 4) is 0 Å². The number of anilines is 1. The van der Waals surface area contributed by atoms with E-state index in [1.54, 1.807) is 6.07 Å². The molecule has 0 bridgehead atoms. The van der Waals surface area contributed by atoms with Gasteiger partial charge in [-0.1, -0.05) is 53.1 Å². The first-order chi connectivity index (χ1) is 11.7. The molecule has 9 heteroatoms. The molecular weight excluding hydrogens is 448 g/mol. The summed E-state index contributed by atoms with van der Waals surface area (Å²) in [6.45, 7) is 3.93. The monoisotopic (exact) mass is 464 g/mol. The Morgan fingerprint density at radius 3 is 2.80 bits per heavy atom. The number of carbonyl (C=O) groups is 1. The molecule has 2 unspecified atom stereocenters. The van der Waals surface area contributed by atoms with Crippen molar-refractivity contribution in [3.63, 3.8) is 0 Å². The highest BCUT2D eigenvalue weighted by Crippen LogP contribution is 2.43. The normalized spacial score (nSPS) is 26.4. The van der Waals surface area contributed by atoms with E-state index in [-0.39, 0.29) is 34.6 Å². The molecule has 3 rings (SSSR count). The lowest BCUT2D eigenvalue weighted by Crippen LogP contribution is -2.38. The van der Waals surface area contributed by atoms with Crippen LogP contribution in [-0.4, -0.2) is 42.3 Å². The molecule has 1 aromatic carbocycles. The highest BCUT2D eigenvalue weighted by Gasteiger charge is 2.49. The predicted molar refractivity (Wildman–Crippen MR) is 107 cm³/mol. The Hall–Kier alpha value is -0.570. The van der Waals surface area contributed by atoms with Crippen LogP contribution >= 0.6 is 39.3 Å². The topological polar surface area (TPSA) is 66.8 Å². The van der Waals surface area contributed by atoms with Crippen molar-refractivity contribution in [3.05, 3.63) is 27.7 Å². The number of carbonyl (C=O) groups excluding carboxylic acids is 1. The fraction of sp³-hybridized carbons (Fsp3) is 0.500. The van der Waals surface area contributed by atoms with Crippen molar-refractivity contribution >= 4 is 65.9 Å². The van der Waals surface area contributed by atoms with Crippen LogP contribution < -0.4 is 4.90 Å². The number of sulfone groups is 1. The summed E-state index contributed by atoms with van der Waals surface area (Å²) in [6, 6.07) is 5.17. The van der Waals surface area contributed by atoms with Gasteiger partial charge in [-0.2, -0.15) is 4.99 Å². The van der Waals surface area contributed by atoms with E-state index >= 15 is 0 Å². The van der Waals surface area contributed by atoms with E-state index in [4.69, 9.17) is 11.6 Å². The lowest BCUT2D eigenvalue weighted by atomic mass is 10.1. The standard InChI is InChI=1S/C16H18BrClN2O3S2/c1-9(2)5-15(21)19-16-20(12-4-3-10(17)6-11(12)18)13-7-25(22,23)8-14(13)24-16/h3-4,6,9,13-14H,5,7-8H2,1-2H3. The SMILES string of the molecule is CC(C)CC(=O)N=C1SC2CS(=O)(=O)CC2N1c1ccc(Br)cc1Cl. The van der Waals surface area contributed by atoms with Gasteiger partial charge in [0.2, 0.25) is 5.91 Å². The van der Waals surface area contributed by atoms with Crippen molar-refractivity contribution in [2.24, 2.45) is 10.9 Å². The van der Waals surface area contributed by atoms with Crippen LogP contribution in [0.15, 0.2) is 27.7 Å². The second-order valence-electron chi connectivity index (χ2n) is 6.65. The van der Waals surface area contributed by atoms with Gasteiger partial charge in [0.05, 0.1) is 28.3 Å². The molecule has 2 aliphatic rings. The van der Waals surface area contributed by atoms with Gasteiger partial charge < -0.3 is 4.90 Å². The fourth-order valence-electron chi connectivity index (χ4n) is 3.02. The van der Waals surface area contributed by atoms with Gasteiger partial charge in [0.25, 0.3) is 0 Å². The van der Waals surface area contributed by atoms with Gasteiger partial charge in [-0.05, 0) is 24.1 Å². The second-order valence-corrected chi connectivity index (χ2v) is 11.3. The van der Waals surface area contributed by atoms with E-state index < -0.39 is 9.84 Å². The Kier molecular flexibility index (Phi) is 5.54. The van der Waals surface area contributed by atoms with Gasteiger partial charge >= 0.3 is 0 Å². The molecule has 136 valence electrons. The molecule has 2 fully saturated rings. The highest BCUT2D eigenvalue weighted by atomic mass is 79.9. The molecule has 0 aromatic heterocycles. The summed E-state index contributed by atoms with van der Waals surface area (Å²) < 4.78 is 24.9. The van der Waals surface area contributed by atoms with E-state index in [0.717, 1.165) is 4.47 Å². The van der Waals surface area contributed by atoms with Crippen LogP contribution in [0.4, 0.5) is 5.69 Å². The van der Waals surface area contributed by atoms with Gasteiger partial charge in [-0.25, -0.2) is 8.42 Å². The molecule has 2 aliphatic heterocycles. The van der Waals surface area contributed by atoms with Crippen LogP contribution in [0.5, 0.6) is 0 Å². The van der Waals surface area contributed by atoms with Crippen molar-refractivity contribution < 1.29 is 13.2 Å². The first kappa shape index (κ1) is 19.2. The number of benzene rings is 1. The molecule has 2 saturated heterocycles. The summed E-state index contributed by atoms with van der Waals surface area (Å²) in [5.74, 6) is 0.171. The van der Waals surface area contributed by atoms with E-state index in [9.17, 15) is 13.2 Å². The van der Waals surface area contributed by atoms with Crippen LogP contribution in [0, 0.1) is 5.92 Å². The lowest BCUT2D eigenvalue weighted by molar-refractivity contribution is -0.118. The third kappa shape index (κ3) is 4.23. The second kappa shape index (κ2) is 7.21. The van der Waals surface area contributed by atoms with Crippen LogP contribution in [0.3, 0.4) is 0 Å². The van der Waals surface area contributed by atoms with Gasteiger partial charge in [-0.3, -0.25) is 4.79 Å². The molecule has 0 saturated carbocycles. The number of hydrogen-bond donors (Lipinski definition) is 0. The summed E-state index contributed by atoms with van der Waals surface area (Å²) in [5, 5.41) is 0.902. The van der Waals surface area contributed by atoms with Crippen LogP contribution in [0.2, 0.25) is 5.02 Å². The van der Waals surface area contributed by atoms with Gasteiger partial charge in [0, 0.05) is 16.1 Å². The van der Waals surface area contributed by atoms with Crippen LogP contribution in [0.25, 0.3) is 0 Å². The molecule has 0 spiro atoms. The molecule has 1 aromatic rings. The summed E-state index contributed by atoms with van der Waals surface area (Å²) in [7, 11) is -3.09. The van der Waals surface area contributed by atoms with E-state index in [0.29, 0.717) is 22.3 Å². The molecule has 25 heavy (non-hydrogen) atoms. The minimum atomic E-state index is -3.09. The molecule has 2 heterocycles. The average Bonchev–Trinajstić information content (AvgIpc) is 2.90. The minimum Gasteiger partial charge on any atom is -0.314 e. The highest BCUT2D eigenvalue weighted by molar-refractivity contribution is 9.10. The zero-order valence-electron chi connectivity index (χ0n) is 13.8. The number of amidine groups is 1. The van der Waals surface area contributed by atoms with Crippen molar-refractivity contribution in [1.82, 2.24) is 0 Å². The number of fused-ring (bicyclic) bond motifs is 1. The van der Waals surface area contributed by atoms with Crippen molar-refractivity contribution in [2.75, 3.05) is 16.4 Å². The lowest BCUT2D eigenvalue weighted by Gasteiger charge is -2.25. The van der Waals surface area contributed by atoms with Gasteiger partial charge in [-0.15, -0.1) is 0 Å². The molecule has 0 N–H and O–H groups in total. The quantitative estimate of drug-likeness (QED) is 0.680. The van der Waals surface area contributed by atoms with E-state index in [2.05, 4.69) is 20.9 Å². The Morgan fingerprint density at radius 1 is 1.44 bits per heavy atom. The molecule has 0 radical (unpaired) electrons. The smallest absolute Gasteiger partial charge is 0.248 e. The largest absolute Gasteiger partial charge is 0.314 e. The molecular formula is C16H18BrClN2O3S2. The first-order valence-corrected chi connectivity index (χ1v) is 11.8. The zero-order chi connectivity index (χ0) is 18.4. The third-order valence-corrected chi connectivity index (χ3v) is 8.04. The maximum Gasteiger partial charge on any atom is 0.248 e. The molecule has 0 aliphatic carbocycles. The number of hydrogen-bond acceptors (Lipinski definition) is 4. The first-order valence-electron chi connectivity index (χ1n) is 7.89. The summed E-state index contributed by atoms with van der Waals surface area (Å²) in [5.41, 5.74) is 0.679.